The molecule has 0 saturated carbocycles. The lowest BCUT2D eigenvalue weighted by Gasteiger charge is -2.07. The molecule has 0 atom stereocenters. The normalized spacial score (nSPS) is 11.0. The van der Waals surface area contributed by atoms with Crippen LogP contribution in [0.1, 0.15) is 60.5 Å². The molecule has 1 aliphatic rings. The highest BCUT2D eigenvalue weighted by Crippen LogP contribution is 2.15. The van der Waals surface area contributed by atoms with Gasteiger partial charge in [-0.2, -0.15) is 0 Å². The van der Waals surface area contributed by atoms with Crippen LogP contribution >= 0.6 is 0 Å². The van der Waals surface area contributed by atoms with Crippen molar-refractivity contribution in [3.05, 3.63) is 95.5 Å². The Morgan fingerprint density at radius 1 is 0.848 bits per heavy atom. The maximum Gasteiger partial charge on any atom is 0.221 e. The predicted molar refractivity (Wildman–Crippen MR) is 143 cm³/mol. The summed E-state index contributed by atoms with van der Waals surface area (Å²) in [5.74, 6) is 0.135. The molecule has 0 unspecified atom stereocenters. The van der Waals surface area contributed by atoms with Gasteiger partial charge in [-0.05, 0) is 71.4 Å². The van der Waals surface area contributed by atoms with Gasteiger partial charge in [0.05, 0.1) is 0 Å². The highest BCUT2D eigenvalue weighted by Gasteiger charge is 2.08. The summed E-state index contributed by atoms with van der Waals surface area (Å²) in [6, 6.07) is 14.9. The Balaban J connectivity index is 0.000000461. The van der Waals surface area contributed by atoms with E-state index in [4.69, 9.17) is 0 Å². The van der Waals surface area contributed by atoms with Crippen LogP contribution < -0.4 is 10.6 Å². The van der Waals surface area contributed by atoms with Crippen molar-refractivity contribution >= 4 is 22.5 Å². The van der Waals surface area contributed by atoms with E-state index in [1.807, 2.05) is 26.0 Å². The van der Waals surface area contributed by atoms with Crippen molar-refractivity contribution < 1.29 is 9.59 Å². The molecule has 4 heteroatoms. The lowest BCUT2D eigenvalue weighted by molar-refractivity contribution is -0.118. The molecule has 33 heavy (non-hydrogen) atoms. The highest BCUT2D eigenvalue weighted by atomic mass is 16.1. The number of Topliss-reactive ketones (excluding diaryl/α,β-unsaturated/α-hetero) is 1. The molecular weight excluding hydrogens is 408 g/mol. The molecular formula is C29H40N2O2. The van der Waals surface area contributed by atoms with Gasteiger partial charge in [-0.15, -0.1) is 0 Å². The third kappa shape index (κ3) is 16.0. The van der Waals surface area contributed by atoms with E-state index < -0.39 is 0 Å². The van der Waals surface area contributed by atoms with Gasteiger partial charge in [0.1, 0.15) is 5.78 Å². The highest BCUT2D eigenvalue weighted by molar-refractivity contribution is 5.82. The largest absolute Gasteiger partial charge is 0.363 e. The zero-order valence-electron chi connectivity index (χ0n) is 21.5. The summed E-state index contributed by atoms with van der Waals surface area (Å²) >= 11 is 0. The van der Waals surface area contributed by atoms with Crippen molar-refractivity contribution in [1.82, 2.24) is 10.6 Å². The minimum absolute atomic E-state index is 0.0313. The number of benzene rings is 2. The van der Waals surface area contributed by atoms with Crippen LogP contribution in [0.15, 0.2) is 89.9 Å². The van der Waals surface area contributed by atoms with Crippen molar-refractivity contribution in [2.24, 2.45) is 0 Å². The zero-order chi connectivity index (χ0) is 25.4. The van der Waals surface area contributed by atoms with Crippen molar-refractivity contribution in [3.8, 4) is 0 Å². The van der Waals surface area contributed by atoms with Gasteiger partial charge >= 0.3 is 0 Å². The van der Waals surface area contributed by atoms with Crippen LogP contribution in [-0.2, 0) is 9.59 Å². The average molecular weight is 449 g/mol. The fourth-order valence-corrected chi connectivity index (χ4v) is 2.50. The SMILES string of the molecule is C=C(C)NC1=CC=C(NC(C)=O)C1.CC(C)=O.CC=C(C)C.Cc1ccc2ccccc2c1. The molecule has 0 aromatic heterocycles. The molecule has 0 spiro atoms. The van der Waals surface area contributed by atoms with E-state index in [0.717, 1.165) is 23.5 Å². The lowest BCUT2D eigenvalue weighted by Crippen LogP contribution is -2.19. The molecule has 0 radical (unpaired) electrons. The number of nitrogens with one attached hydrogen (secondary N) is 2. The molecule has 1 amide bonds. The summed E-state index contributed by atoms with van der Waals surface area (Å²) in [4.78, 5) is 20.2. The Labute approximate surface area is 200 Å². The van der Waals surface area contributed by atoms with Crippen LogP contribution in [-0.4, -0.2) is 11.7 Å². The molecule has 0 aliphatic heterocycles. The Bertz CT molecular complexity index is 989. The number of carbonyl (C=O) groups is 2. The Hall–Kier alpha value is -3.40. The lowest BCUT2D eigenvalue weighted by atomic mass is 10.1. The fraction of sp³-hybridized carbons (Fsp3) is 0.310. The van der Waals surface area contributed by atoms with Crippen LogP contribution in [0.2, 0.25) is 0 Å². The van der Waals surface area contributed by atoms with Gasteiger partial charge in [-0.1, -0.05) is 66.3 Å². The van der Waals surface area contributed by atoms with E-state index in [9.17, 15) is 9.59 Å². The molecule has 0 bridgehead atoms. The Morgan fingerprint density at radius 2 is 1.33 bits per heavy atom. The third-order valence-corrected chi connectivity index (χ3v) is 4.06. The van der Waals surface area contributed by atoms with Gasteiger partial charge in [0, 0.05) is 30.4 Å². The van der Waals surface area contributed by atoms with E-state index in [0.29, 0.717) is 0 Å². The first kappa shape index (κ1) is 29.6. The van der Waals surface area contributed by atoms with Crippen molar-refractivity contribution in [3.63, 3.8) is 0 Å². The summed E-state index contributed by atoms with van der Waals surface area (Å²) in [6.07, 6.45) is 6.67. The first-order valence-corrected chi connectivity index (χ1v) is 11.1. The smallest absolute Gasteiger partial charge is 0.221 e. The predicted octanol–water partition coefficient (Wildman–Crippen LogP) is 7.13. The zero-order valence-corrected chi connectivity index (χ0v) is 21.5. The molecule has 1 aliphatic carbocycles. The molecule has 2 aromatic rings. The number of carbonyl (C=O) groups excluding carboxylic acids is 2. The standard InChI is InChI=1S/C11H10.C10H14N2O.C5H10.C3H6O/c1-9-6-7-10-4-2-3-5-11(10)8-9;1-7(2)11-9-4-5-10(6-9)12-8(3)13;1-4-5(2)3;1-3(2)4/h2-8H,1H3;4-5,11H,1,6H2,2-3H3,(H,12,13);4H,1-3H3;1-2H3. The monoisotopic (exact) mass is 448 g/mol. The number of rotatable bonds is 3. The van der Waals surface area contributed by atoms with Gasteiger partial charge < -0.3 is 15.4 Å². The van der Waals surface area contributed by atoms with Crippen LogP contribution in [0.5, 0.6) is 0 Å². The fourth-order valence-electron chi connectivity index (χ4n) is 2.50. The molecule has 178 valence electrons. The minimum atomic E-state index is -0.0313. The maximum absolute atomic E-state index is 10.7. The van der Waals surface area contributed by atoms with E-state index in [1.54, 1.807) is 0 Å². The topological polar surface area (TPSA) is 58.2 Å². The van der Waals surface area contributed by atoms with E-state index in [1.165, 1.54) is 42.7 Å². The number of allylic oxidation sites excluding steroid dienone is 5. The second-order valence-corrected chi connectivity index (χ2v) is 8.27. The Morgan fingerprint density at radius 3 is 1.79 bits per heavy atom. The second kappa shape index (κ2) is 16.3. The number of amides is 1. The summed E-state index contributed by atoms with van der Waals surface area (Å²) in [5, 5.41) is 8.50. The quantitative estimate of drug-likeness (QED) is 0.491. The maximum atomic E-state index is 10.7. The minimum Gasteiger partial charge on any atom is -0.363 e. The van der Waals surface area contributed by atoms with Gasteiger partial charge in [0.15, 0.2) is 0 Å². The second-order valence-electron chi connectivity index (χ2n) is 8.27. The van der Waals surface area contributed by atoms with Crippen molar-refractivity contribution in [2.45, 2.75) is 61.8 Å². The molecule has 3 rings (SSSR count). The van der Waals surface area contributed by atoms with E-state index in [-0.39, 0.29) is 11.7 Å². The molecule has 4 nitrogen and oxygen atoms in total. The number of aryl methyl sites for hydroxylation is 1. The molecule has 0 heterocycles. The summed E-state index contributed by atoms with van der Waals surface area (Å²) in [7, 11) is 0. The Kier molecular flexibility index (Phi) is 14.6. The number of fused-ring (bicyclic) bond motifs is 1. The summed E-state index contributed by atoms with van der Waals surface area (Å²) in [5.41, 5.74) is 5.60. The van der Waals surface area contributed by atoms with Crippen LogP contribution in [0.25, 0.3) is 10.8 Å². The molecule has 0 fully saturated rings. The summed E-state index contributed by atoms with van der Waals surface area (Å²) < 4.78 is 0. The van der Waals surface area contributed by atoms with Gasteiger partial charge in [-0.25, -0.2) is 0 Å². The van der Waals surface area contributed by atoms with E-state index in [2.05, 4.69) is 86.5 Å². The summed E-state index contributed by atoms with van der Waals surface area (Å²) in [6.45, 7) is 18.5. The van der Waals surface area contributed by atoms with E-state index >= 15 is 0 Å². The number of hydrogen-bond acceptors (Lipinski definition) is 3. The van der Waals surface area contributed by atoms with Crippen LogP contribution in [0, 0.1) is 6.92 Å². The number of hydrogen-bond donors (Lipinski definition) is 2. The first-order chi connectivity index (χ1) is 15.4. The number of ketones is 1. The van der Waals surface area contributed by atoms with Crippen LogP contribution in [0.3, 0.4) is 0 Å². The third-order valence-electron chi connectivity index (χ3n) is 4.06. The van der Waals surface area contributed by atoms with Gasteiger partial charge in [-0.3, -0.25) is 4.79 Å². The average Bonchev–Trinajstić information content (AvgIpc) is 3.13. The molecule has 2 aromatic carbocycles. The molecule has 2 N–H and O–H groups in total. The van der Waals surface area contributed by atoms with Crippen LogP contribution in [0.4, 0.5) is 0 Å². The van der Waals surface area contributed by atoms with Crippen molar-refractivity contribution in [2.75, 3.05) is 0 Å². The van der Waals surface area contributed by atoms with Gasteiger partial charge in [0.2, 0.25) is 5.91 Å². The molecule has 0 saturated heterocycles. The van der Waals surface area contributed by atoms with Crippen molar-refractivity contribution in [1.29, 1.82) is 0 Å². The first-order valence-electron chi connectivity index (χ1n) is 11.1. The van der Waals surface area contributed by atoms with Gasteiger partial charge in [0.25, 0.3) is 0 Å².